The molecule has 0 radical (unpaired) electrons. The summed E-state index contributed by atoms with van der Waals surface area (Å²) in [7, 11) is 0. The molecule has 0 spiro atoms. The number of aliphatic hydroxyl groups excluding tert-OH is 1. The van der Waals surface area contributed by atoms with E-state index < -0.39 is 17.9 Å². The van der Waals surface area contributed by atoms with E-state index >= 15 is 0 Å². The van der Waals surface area contributed by atoms with Gasteiger partial charge in [-0.1, -0.05) is 12.1 Å². The Morgan fingerprint density at radius 2 is 2.17 bits per heavy atom. The number of aliphatic hydroxyl groups is 1. The van der Waals surface area contributed by atoms with Crippen molar-refractivity contribution in [3.05, 3.63) is 35.6 Å². The summed E-state index contributed by atoms with van der Waals surface area (Å²) in [5.41, 5.74) is 0.0440. The molecule has 0 heterocycles. The molecule has 0 aliphatic rings. The first kappa shape index (κ1) is 8.67. The standard InChI is InChI=1S/C8H7FO3/c9-6-3-1-2-5(4-6)7(10)8(11)12/h1-4,7,10H,(H,11,12)/t7-/m1/s1. The van der Waals surface area contributed by atoms with Crippen LogP contribution in [0.4, 0.5) is 4.39 Å². The minimum Gasteiger partial charge on any atom is -0.479 e. The number of carboxylic acids is 1. The molecule has 0 aliphatic heterocycles. The van der Waals surface area contributed by atoms with Gasteiger partial charge in [-0.05, 0) is 17.7 Å². The van der Waals surface area contributed by atoms with Crippen LogP contribution in [0.3, 0.4) is 0 Å². The molecule has 0 bridgehead atoms. The Kier molecular flexibility index (Phi) is 2.40. The molecule has 4 heteroatoms. The second-order valence-corrected chi connectivity index (χ2v) is 2.30. The van der Waals surface area contributed by atoms with Crippen LogP contribution in [0.2, 0.25) is 0 Å². The molecule has 0 saturated carbocycles. The van der Waals surface area contributed by atoms with Crippen LogP contribution in [-0.2, 0) is 4.79 Å². The van der Waals surface area contributed by atoms with Gasteiger partial charge in [0.05, 0.1) is 0 Å². The van der Waals surface area contributed by atoms with E-state index in [2.05, 4.69) is 0 Å². The van der Waals surface area contributed by atoms with Crippen molar-refractivity contribution in [3.63, 3.8) is 0 Å². The first-order chi connectivity index (χ1) is 5.61. The molecule has 0 aliphatic carbocycles. The Morgan fingerprint density at radius 3 is 2.67 bits per heavy atom. The van der Waals surface area contributed by atoms with Crippen molar-refractivity contribution in [1.29, 1.82) is 0 Å². The maximum atomic E-state index is 12.5. The largest absolute Gasteiger partial charge is 0.479 e. The highest BCUT2D eigenvalue weighted by Crippen LogP contribution is 2.13. The van der Waals surface area contributed by atoms with E-state index in [1.165, 1.54) is 18.2 Å². The van der Waals surface area contributed by atoms with Gasteiger partial charge in [-0.15, -0.1) is 0 Å². The third-order valence-corrected chi connectivity index (χ3v) is 1.40. The second-order valence-electron chi connectivity index (χ2n) is 2.30. The van der Waals surface area contributed by atoms with Crippen molar-refractivity contribution in [2.75, 3.05) is 0 Å². The molecule has 1 aromatic carbocycles. The van der Waals surface area contributed by atoms with Gasteiger partial charge in [-0.2, -0.15) is 0 Å². The summed E-state index contributed by atoms with van der Waals surface area (Å²) in [6.45, 7) is 0. The average Bonchev–Trinajstić information content (AvgIpc) is 2.03. The van der Waals surface area contributed by atoms with Crippen molar-refractivity contribution in [2.24, 2.45) is 0 Å². The van der Waals surface area contributed by atoms with Crippen LogP contribution < -0.4 is 0 Å². The Morgan fingerprint density at radius 1 is 1.50 bits per heavy atom. The number of hydrogen-bond donors (Lipinski definition) is 2. The summed E-state index contributed by atoms with van der Waals surface area (Å²) < 4.78 is 12.5. The number of carboxylic acid groups (broad SMARTS) is 1. The lowest BCUT2D eigenvalue weighted by molar-refractivity contribution is -0.146. The third-order valence-electron chi connectivity index (χ3n) is 1.40. The molecule has 2 N–H and O–H groups in total. The average molecular weight is 170 g/mol. The smallest absolute Gasteiger partial charge is 0.337 e. The SMILES string of the molecule is O=C(O)[C@H](O)c1cccc(F)c1. The van der Waals surface area contributed by atoms with Crippen LogP contribution >= 0.6 is 0 Å². The van der Waals surface area contributed by atoms with Gasteiger partial charge in [0, 0.05) is 0 Å². The maximum absolute atomic E-state index is 12.5. The summed E-state index contributed by atoms with van der Waals surface area (Å²) in [4.78, 5) is 10.2. The second kappa shape index (κ2) is 3.32. The number of rotatable bonds is 2. The van der Waals surface area contributed by atoms with E-state index in [0.29, 0.717) is 0 Å². The van der Waals surface area contributed by atoms with E-state index in [-0.39, 0.29) is 5.56 Å². The Hall–Kier alpha value is -1.42. The number of benzene rings is 1. The molecule has 1 rings (SSSR count). The Bertz CT molecular complexity index is 298. The molecular formula is C8H7FO3. The highest BCUT2D eigenvalue weighted by atomic mass is 19.1. The number of halogens is 1. The van der Waals surface area contributed by atoms with Gasteiger partial charge in [0.2, 0.25) is 0 Å². The zero-order chi connectivity index (χ0) is 9.14. The van der Waals surface area contributed by atoms with Crippen LogP contribution in [0, 0.1) is 5.82 Å². The topological polar surface area (TPSA) is 57.5 Å². The van der Waals surface area contributed by atoms with Gasteiger partial charge in [-0.25, -0.2) is 9.18 Å². The molecule has 0 saturated heterocycles. The van der Waals surface area contributed by atoms with Crippen molar-refractivity contribution in [2.45, 2.75) is 6.10 Å². The first-order valence-electron chi connectivity index (χ1n) is 3.27. The Labute approximate surface area is 68.1 Å². The van der Waals surface area contributed by atoms with Gasteiger partial charge in [0.25, 0.3) is 0 Å². The predicted molar refractivity (Wildman–Crippen MR) is 39.0 cm³/mol. The lowest BCUT2D eigenvalue weighted by atomic mass is 10.1. The summed E-state index contributed by atoms with van der Waals surface area (Å²) in [6.07, 6.45) is -1.65. The van der Waals surface area contributed by atoms with Gasteiger partial charge >= 0.3 is 5.97 Å². The summed E-state index contributed by atoms with van der Waals surface area (Å²) in [6, 6.07) is 4.86. The molecular weight excluding hydrogens is 163 g/mol. The van der Waals surface area contributed by atoms with Crippen LogP contribution in [-0.4, -0.2) is 16.2 Å². The van der Waals surface area contributed by atoms with E-state index in [1.807, 2.05) is 0 Å². The summed E-state index contributed by atoms with van der Waals surface area (Å²) in [5, 5.41) is 17.3. The van der Waals surface area contributed by atoms with Crippen LogP contribution in [0.1, 0.15) is 11.7 Å². The van der Waals surface area contributed by atoms with Crippen LogP contribution in [0.25, 0.3) is 0 Å². The summed E-state index contributed by atoms with van der Waals surface area (Å²) in [5.74, 6) is -1.95. The highest BCUT2D eigenvalue weighted by Gasteiger charge is 2.15. The molecule has 0 aromatic heterocycles. The lowest BCUT2D eigenvalue weighted by Crippen LogP contribution is -2.10. The molecule has 0 fully saturated rings. The van der Waals surface area contributed by atoms with Crippen LogP contribution in [0.15, 0.2) is 24.3 Å². The van der Waals surface area contributed by atoms with E-state index in [1.54, 1.807) is 0 Å². The fourth-order valence-electron chi connectivity index (χ4n) is 0.819. The van der Waals surface area contributed by atoms with Gasteiger partial charge in [0.1, 0.15) is 5.82 Å². The molecule has 0 unspecified atom stereocenters. The number of hydrogen-bond acceptors (Lipinski definition) is 2. The van der Waals surface area contributed by atoms with E-state index in [0.717, 1.165) is 6.07 Å². The monoisotopic (exact) mass is 170 g/mol. The van der Waals surface area contributed by atoms with E-state index in [9.17, 15) is 9.18 Å². The fourth-order valence-corrected chi connectivity index (χ4v) is 0.819. The predicted octanol–water partition coefficient (Wildman–Crippen LogP) is 0.944. The zero-order valence-electron chi connectivity index (χ0n) is 6.07. The lowest BCUT2D eigenvalue weighted by Gasteiger charge is -2.04. The normalized spacial score (nSPS) is 12.5. The fraction of sp³-hybridized carbons (Fsp3) is 0.125. The molecule has 1 aromatic rings. The zero-order valence-corrected chi connectivity index (χ0v) is 6.07. The maximum Gasteiger partial charge on any atom is 0.337 e. The third kappa shape index (κ3) is 1.79. The van der Waals surface area contributed by atoms with Crippen LogP contribution in [0.5, 0.6) is 0 Å². The molecule has 12 heavy (non-hydrogen) atoms. The number of aliphatic carboxylic acids is 1. The van der Waals surface area contributed by atoms with Crippen molar-refractivity contribution < 1.29 is 19.4 Å². The van der Waals surface area contributed by atoms with Gasteiger partial charge in [-0.3, -0.25) is 0 Å². The Balaban J connectivity index is 2.95. The quantitative estimate of drug-likeness (QED) is 0.694. The molecule has 64 valence electrons. The molecule has 3 nitrogen and oxygen atoms in total. The summed E-state index contributed by atoms with van der Waals surface area (Å²) >= 11 is 0. The van der Waals surface area contributed by atoms with Crippen molar-refractivity contribution >= 4 is 5.97 Å². The first-order valence-corrected chi connectivity index (χ1v) is 3.27. The van der Waals surface area contributed by atoms with Gasteiger partial charge in [0.15, 0.2) is 6.10 Å². The highest BCUT2D eigenvalue weighted by molar-refractivity contribution is 5.73. The number of carbonyl (C=O) groups is 1. The molecule has 0 amide bonds. The molecule has 1 atom stereocenters. The van der Waals surface area contributed by atoms with Crippen molar-refractivity contribution in [1.82, 2.24) is 0 Å². The minimum atomic E-state index is -1.65. The minimum absolute atomic E-state index is 0.0440. The van der Waals surface area contributed by atoms with E-state index in [4.69, 9.17) is 10.2 Å². The van der Waals surface area contributed by atoms with Gasteiger partial charge < -0.3 is 10.2 Å². The van der Waals surface area contributed by atoms with Crippen molar-refractivity contribution in [3.8, 4) is 0 Å².